The minimum absolute atomic E-state index is 0.138. The van der Waals surface area contributed by atoms with Gasteiger partial charge in [-0.2, -0.15) is 0 Å². The van der Waals surface area contributed by atoms with Crippen molar-refractivity contribution in [3.63, 3.8) is 0 Å². The molecule has 0 N–H and O–H groups in total. The summed E-state index contributed by atoms with van der Waals surface area (Å²) < 4.78 is 31.0. The number of hydrogen-bond donors (Lipinski definition) is 0. The van der Waals surface area contributed by atoms with Crippen molar-refractivity contribution in [1.82, 2.24) is 14.5 Å². The van der Waals surface area contributed by atoms with Crippen LogP contribution in [0.15, 0.2) is 59.2 Å². The highest BCUT2D eigenvalue weighted by molar-refractivity contribution is 7.89. The number of hydrogen-bond acceptors (Lipinski definition) is 5. The van der Waals surface area contributed by atoms with Crippen molar-refractivity contribution in [1.29, 1.82) is 0 Å². The number of fused-ring (bicyclic) bond motifs is 1. The van der Waals surface area contributed by atoms with Gasteiger partial charge in [-0.1, -0.05) is 29.8 Å². The van der Waals surface area contributed by atoms with Crippen LogP contribution in [-0.4, -0.2) is 29.2 Å². The number of imidazole rings is 1. The van der Waals surface area contributed by atoms with Gasteiger partial charge in [0.05, 0.1) is 23.3 Å². The Hall–Kier alpha value is -2.64. The highest BCUT2D eigenvalue weighted by Gasteiger charge is 2.17. The van der Waals surface area contributed by atoms with E-state index in [2.05, 4.69) is 9.97 Å². The fraction of sp³-hybridized carbons (Fsp3) is 0.158. The summed E-state index contributed by atoms with van der Waals surface area (Å²) in [7, 11) is -3.22. The third-order valence-corrected chi connectivity index (χ3v) is 5.09. The van der Waals surface area contributed by atoms with E-state index in [-0.39, 0.29) is 5.75 Å². The van der Waals surface area contributed by atoms with Crippen LogP contribution in [-0.2, 0) is 22.1 Å². The lowest BCUT2D eigenvalue weighted by Crippen LogP contribution is -2.10. The molecule has 4 aromatic rings. The maximum Gasteiger partial charge on any atom is 0.226 e. The number of para-hydroxylation sites is 2. The molecule has 0 aliphatic rings. The van der Waals surface area contributed by atoms with E-state index in [0.717, 1.165) is 16.6 Å². The lowest BCUT2D eigenvalue weighted by atomic mass is 10.2. The first-order valence-corrected chi connectivity index (χ1v) is 10.6. The van der Waals surface area contributed by atoms with E-state index in [1.165, 1.54) is 6.26 Å². The van der Waals surface area contributed by atoms with Gasteiger partial charge in [0, 0.05) is 16.8 Å². The number of nitrogens with zero attached hydrogens (tertiary/aromatic N) is 3. The van der Waals surface area contributed by atoms with Crippen molar-refractivity contribution in [2.75, 3.05) is 6.26 Å². The van der Waals surface area contributed by atoms with Crippen molar-refractivity contribution in [2.45, 2.75) is 12.3 Å². The Labute approximate surface area is 161 Å². The fourth-order valence-corrected chi connectivity index (χ4v) is 3.82. The Bertz CT molecular complexity index is 1230. The van der Waals surface area contributed by atoms with Crippen molar-refractivity contribution in [2.24, 2.45) is 0 Å². The van der Waals surface area contributed by atoms with E-state index in [1.54, 1.807) is 18.4 Å². The van der Waals surface area contributed by atoms with Crippen LogP contribution in [0.1, 0.15) is 11.5 Å². The van der Waals surface area contributed by atoms with Crippen LogP contribution in [0.3, 0.4) is 0 Å². The zero-order chi connectivity index (χ0) is 19.0. The molecule has 0 radical (unpaired) electrons. The molecule has 0 saturated carbocycles. The summed E-state index contributed by atoms with van der Waals surface area (Å²) in [5, 5.41) is 0.600. The van der Waals surface area contributed by atoms with E-state index in [9.17, 15) is 8.42 Å². The zero-order valence-corrected chi connectivity index (χ0v) is 16.0. The van der Waals surface area contributed by atoms with Gasteiger partial charge in [-0.3, -0.25) is 0 Å². The van der Waals surface area contributed by atoms with Gasteiger partial charge in [0.25, 0.3) is 0 Å². The first-order chi connectivity index (χ1) is 12.9. The molecule has 0 unspecified atom stereocenters. The Morgan fingerprint density at radius 1 is 1.11 bits per heavy atom. The van der Waals surface area contributed by atoms with Crippen LogP contribution in [0.4, 0.5) is 0 Å². The molecule has 4 rings (SSSR count). The molecule has 2 aromatic carbocycles. The molecule has 2 heterocycles. The standard InChI is InChI=1S/C19H16ClN3O3S/c1-27(24,25)12-18-22-16-7-2-3-8-17(16)23(18)10-15-11-26-19(21-15)13-5-4-6-14(20)9-13/h2-9,11H,10,12H2,1H3. The minimum atomic E-state index is -3.22. The molecular weight excluding hydrogens is 386 g/mol. The maximum atomic E-state index is 11.8. The molecule has 27 heavy (non-hydrogen) atoms. The Kier molecular flexibility index (Phi) is 4.49. The highest BCUT2D eigenvalue weighted by atomic mass is 35.5. The molecule has 6 nitrogen and oxygen atoms in total. The lowest BCUT2D eigenvalue weighted by Gasteiger charge is -2.06. The van der Waals surface area contributed by atoms with E-state index >= 15 is 0 Å². The number of oxazole rings is 1. The molecule has 138 valence electrons. The molecule has 0 amide bonds. The summed E-state index contributed by atoms with van der Waals surface area (Å²) in [5.74, 6) is 0.799. The molecular formula is C19H16ClN3O3S. The lowest BCUT2D eigenvalue weighted by molar-refractivity contribution is 0.571. The maximum absolute atomic E-state index is 11.8. The first-order valence-electron chi connectivity index (χ1n) is 8.21. The number of aromatic nitrogens is 3. The molecule has 0 atom stereocenters. The molecule has 0 saturated heterocycles. The molecule has 8 heteroatoms. The van der Waals surface area contributed by atoms with E-state index in [0.29, 0.717) is 29.0 Å². The largest absolute Gasteiger partial charge is 0.444 e. The third-order valence-electron chi connectivity index (χ3n) is 4.07. The molecule has 0 spiro atoms. The van der Waals surface area contributed by atoms with Gasteiger partial charge < -0.3 is 8.98 Å². The van der Waals surface area contributed by atoms with Gasteiger partial charge >= 0.3 is 0 Å². The summed E-state index contributed by atoms with van der Waals surface area (Å²) in [5.41, 5.74) is 3.04. The summed E-state index contributed by atoms with van der Waals surface area (Å²) in [6.45, 7) is 0.357. The Balaban J connectivity index is 1.72. The molecule has 2 aromatic heterocycles. The van der Waals surface area contributed by atoms with Crippen molar-refractivity contribution in [3.8, 4) is 11.5 Å². The van der Waals surface area contributed by atoms with Gasteiger partial charge in [0.2, 0.25) is 5.89 Å². The molecule has 0 aliphatic heterocycles. The second-order valence-electron chi connectivity index (χ2n) is 6.33. The van der Waals surface area contributed by atoms with Gasteiger partial charge in [-0.25, -0.2) is 18.4 Å². The van der Waals surface area contributed by atoms with Crippen LogP contribution in [0, 0.1) is 0 Å². The first kappa shape index (κ1) is 17.8. The summed E-state index contributed by atoms with van der Waals surface area (Å²) >= 11 is 6.03. The number of halogens is 1. The predicted molar refractivity (Wildman–Crippen MR) is 104 cm³/mol. The van der Waals surface area contributed by atoms with Crippen LogP contribution in [0.5, 0.6) is 0 Å². The van der Waals surface area contributed by atoms with E-state index in [4.69, 9.17) is 16.0 Å². The van der Waals surface area contributed by atoms with Crippen LogP contribution >= 0.6 is 11.6 Å². The SMILES string of the molecule is CS(=O)(=O)Cc1nc2ccccc2n1Cc1coc(-c2cccc(Cl)c2)n1. The Morgan fingerprint density at radius 3 is 2.70 bits per heavy atom. The van der Waals surface area contributed by atoms with Gasteiger partial charge in [-0.05, 0) is 30.3 Å². The predicted octanol–water partition coefficient (Wildman–Crippen LogP) is 3.94. The van der Waals surface area contributed by atoms with Crippen molar-refractivity contribution < 1.29 is 12.8 Å². The molecule has 0 aliphatic carbocycles. The van der Waals surface area contributed by atoms with E-state index in [1.807, 2.05) is 41.0 Å². The zero-order valence-electron chi connectivity index (χ0n) is 14.5. The van der Waals surface area contributed by atoms with Crippen molar-refractivity contribution >= 4 is 32.5 Å². The smallest absolute Gasteiger partial charge is 0.226 e. The second-order valence-corrected chi connectivity index (χ2v) is 8.90. The topological polar surface area (TPSA) is 78.0 Å². The van der Waals surface area contributed by atoms with Gasteiger partial charge in [-0.15, -0.1) is 0 Å². The summed E-state index contributed by atoms with van der Waals surface area (Å²) in [6, 6.07) is 14.8. The highest BCUT2D eigenvalue weighted by Crippen LogP contribution is 2.24. The minimum Gasteiger partial charge on any atom is -0.444 e. The van der Waals surface area contributed by atoms with Gasteiger partial charge in [0.15, 0.2) is 9.84 Å². The fourth-order valence-electron chi connectivity index (χ4n) is 2.94. The monoisotopic (exact) mass is 401 g/mol. The molecule has 0 bridgehead atoms. The van der Waals surface area contributed by atoms with Gasteiger partial charge in [0.1, 0.15) is 17.8 Å². The number of rotatable bonds is 5. The van der Waals surface area contributed by atoms with Crippen LogP contribution < -0.4 is 0 Å². The summed E-state index contributed by atoms with van der Waals surface area (Å²) in [6.07, 6.45) is 2.76. The third kappa shape index (κ3) is 3.89. The van der Waals surface area contributed by atoms with Crippen molar-refractivity contribution in [3.05, 3.63) is 71.3 Å². The average Bonchev–Trinajstić information content (AvgIpc) is 3.19. The quantitative estimate of drug-likeness (QED) is 0.506. The summed E-state index contributed by atoms with van der Waals surface area (Å²) in [4.78, 5) is 9.00. The van der Waals surface area contributed by atoms with E-state index < -0.39 is 9.84 Å². The number of benzene rings is 2. The van der Waals surface area contributed by atoms with Crippen LogP contribution in [0.25, 0.3) is 22.5 Å². The normalized spacial score (nSPS) is 11.9. The Morgan fingerprint density at radius 2 is 1.93 bits per heavy atom. The number of sulfone groups is 1. The van der Waals surface area contributed by atoms with Crippen LogP contribution in [0.2, 0.25) is 5.02 Å². The second kappa shape index (κ2) is 6.83. The molecule has 0 fully saturated rings. The average molecular weight is 402 g/mol.